The SMILES string of the molecule is C=C[C]=CCCc1cccc2ccccc12. The summed E-state index contributed by atoms with van der Waals surface area (Å²) < 4.78 is 0. The van der Waals surface area contributed by atoms with E-state index in [0.717, 1.165) is 12.8 Å². The molecule has 0 amide bonds. The number of hydrogen-bond acceptors (Lipinski definition) is 0. The van der Waals surface area contributed by atoms with Crippen molar-refractivity contribution in [1.82, 2.24) is 0 Å². The van der Waals surface area contributed by atoms with Crippen LogP contribution in [-0.4, -0.2) is 0 Å². The van der Waals surface area contributed by atoms with Crippen LogP contribution in [0.25, 0.3) is 10.8 Å². The first-order valence-corrected chi connectivity index (χ1v) is 5.57. The lowest BCUT2D eigenvalue weighted by Crippen LogP contribution is -1.85. The zero-order valence-electron chi connectivity index (χ0n) is 9.32. The molecule has 0 heteroatoms. The van der Waals surface area contributed by atoms with Crippen LogP contribution < -0.4 is 0 Å². The Balaban J connectivity index is 2.23. The molecule has 0 saturated carbocycles. The van der Waals surface area contributed by atoms with Crippen molar-refractivity contribution in [2.75, 3.05) is 0 Å². The van der Waals surface area contributed by atoms with Gasteiger partial charge in [-0.3, -0.25) is 0 Å². The van der Waals surface area contributed by atoms with Crippen LogP contribution in [0.15, 0.2) is 61.2 Å². The smallest absolute Gasteiger partial charge is 0.0152 e. The molecule has 0 unspecified atom stereocenters. The monoisotopic (exact) mass is 207 g/mol. The van der Waals surface area contributed by atoms with E-state index in [0.29, 0.717) is 0 Å². The predicted molar refractivity (Wildman–Crippen MR) is 70.3 cm³/mol. The van der Waals surface area contributed by atoms with Crippen LogP contribution in [-0.2, 0) is 6.42 Å². The normalized spacial score (nSPS) is 11.0. The topological polar surface area (TPSA) is 0 Å². The molecule has 0 aliphatic carbocycles. The number of rotatable bonds is 4. The van der Waals surface area contributed by atoms with Crippen LogP contribution >= 0.6 is 0 Å². The Morgan fingerprint density at radius 2 is 1.88 bits per heavy atom. The molecule has 0 aliphatic heterocycles. The summed E-state index contributed by atoms with van der Waals surface area (Å²) in [6, 6.07) is 15.0. The van der Waals surface area contributed by atoms with Gasteiger partial charge >= 0.3 is 0 Å². The molecule has 0 spiro atoms. The fraction of sp³-hybridized carbons (Fsp3) is 0.125. The van der Waals surface area contributed by atoms with Gasteiger partial charge in [-0.25, -0.2) is 0 Å². The lowest BCUT2D eigenvalue weighted by Gasteiger charge is -2.04. The van der Waals surface area contributed by atoms with Gasteiger partial charge in [0.15, 0.2) is 0 Å². The van der Waals surface area contributed by atoms with Gasteiger partial charge in [-0.1, -0.05) is 61.2 Å². The summed E-state index contributed by atoms with van der Waals surface area (Å²) in [5, 5.41) is 2.67. The molecule has 0 N–H and O–H groups in total. The van der Waals surface area contributed by atoms with E-state index in [1.165, 1.54) is 16.3 Å². The van der Waals surface area contributed by atoms with Gasteiger partial charge in [0.2, 0.25) is 0 Å². The summed E-state index contributed by atoms with van der Waals surface area (Å²) in [6.07, 6.45) is 8.81. The van der Waals surface area contributed by atoms with Crippen LogP contribution in [0.3, 0.4) is 0 Å². The molecule has 2 aromatic carbocycles. The highest BCUT2D eigenvalue weighted by Gasteiger charge is 1.98. The van der Waals surface area contributed by atoms with Crippen molar-refractivity contribution >= 4 is 10.8 Å². The Morgan fingerprint density at radius 3 is 2.75 bits per heavy atom. The molecule has 1 radical (unpaired) electrons. The molecule has 2 aromatic rings. The van der Waals surface area contributed by atoms with E-state index in [-0.39, 0.29) is 0 Å². The Kier molecular flexibility index (Phi) is 3.55. The molecule has 79 valence electrons. The van der Waals surface area contributed by atoms with Crippen molar-refractivity contribution in [1.29, 1.82) is 0 Å². The van der Waals surface area contributed by atoms with E-state index in [1.807, 2.05) is 6.08 Å². The van der Waals surface area contributed by atoms with Crippen LogP contribution in [0.2, 0.25) is 0 Å². The maximum atomic E-state index is 3.61. The fourth-order valence-corrected chi connectivity index (χ4v) is 1.90. The molecule has 0 atom stereocenters. The minimum absolute atomic E-state index is 1.01. The molecule has 0 heterocycles. The molecular weight excluding hydrogens is 192 g/mol. The molecular formula is C16H15. The molecule has 16 heavy (non-hydrogen) atoms. The van der Waals surface area contributed by atoms with Crippen molar-refractivity contribution in [3.63, 3.8) is 0 Å². The number of fused-ring (bicyclic) bond motifs is 1. The van der Waals surface area contributed by atoms with E-state index < -0.39 is 0 Å². The highest BCUT2D eigenvalue weighted by atomic mass is 14.0. The lowest BCUT2D eigenvalue weighted by atomic mass is 10.0. The third-order valence-corrected chi connectivity index (χ3v) is 2.67. The Labute approximate surface area is 96.9 Å². The van der Waals surface area contributed by atoms with Gasteiger partial charge in [0.05, 0.1) is 0 Å². The molecule has 0 nitrogen and oxygen atoms in total. The first-order valence-electron chi connectivity index (χ1n) is 5.57. The fourth-order valence-electron chi connectivity index (χ4n) is 1.90. The number of allylic oxidation sites excluding steroid dienone is 3. The molecule has 0 aliphatic rings. The van der Waals surface area contributed by atoms with Gasteiger partial charge in [-0.15, -0.1) is 0 Å². The summed E-state index contributed by atoms with van der Waals surface area (Å²) >= 11 is 0. The minimum Gasteiger partial charge on any atom is -0.0985 e. The standard InChI is InChI=1S/C16H15/c1-2-3-4-5-9-14-11-8-12-15-10-6-7-13-16(14)15/h2,4,6-8,10-13H,1,5,9H2. The van der Waals surface area contributed by atoms with Crippen molar-refractivity contribution in [3.05, 3.63) is 72.8 Å². The van der Waals surface area contributed by atoms with E-state index in [9.17, 15) is 0 Å². The summed E-state index contributed by atoms with van der Waals surface area (Å²) in [6.45, 7) is 3.61. The summed E-state index contributed by atoms with van der Waals surface area (Å²) in [4.78, 5) is 0. The van der Waals surface area contributed by atoms with Crippen molar-refractivity contribution in [2.24, 2.45) is 0 Å². The first kappa shape index (κ1) is 10.7. The van der Waals surface area contributed by atoms with Crippen LogP contribution in [0.5, 0.6) is 0 Å². The van der Waals surface area contributed by atoms with Crippen LogP contribution in [0, 0.1) is 6.08 Å². The second kappa shape index (κ2) is 5.32. The number of aryl methyl sites for hydroxylation is 1. The highest BCUT2D eigenvalue weighted by Crippen LogP contribution is 2.19. The Bertz CT molecular complexity index is 501. The maximum absolute atomic E-state index is 3.61. The average molecular weight is 207 g/mol. The zero-order valence-corrected chi connectivity index (χ0v) is 9.32. The highest BCUT2D eigenvalue weighted by molar-refractivity contribution is 5.85. The number of benzene rings is 2. The zero-order chi connectivity index (χ0) is 11.2. The third-order valence-electron chi connectivity index (χ3n) is 2.67. The third kappa shape index (κ3) is 2.40. The summed E-state index contributed by atoms with van der Waals surface area (Å²) in [7, 11) is 0. The van der Waals surface area contributed by atoms with Gasteiger partial charge in [-0.05, 0) is 35.3 Å². The van der Waals surface area contributed by atoms with Crippen LogP contribution in [0.1, 0.15) is 12.0 Å². The molecule has 0 bridgehead atoms. The van der Waals surface area contributed by atoms with Gasteiger partial charge in [0.25, 0.3) is 0 Å². The van der Waals surface area contributed by atoms with Crippen molar-refractivity contribution in [3.8, 4) is 0 Å². The maximum Gasteiger partial charge on any atom is -0.0152 e. The first-order chi connectivity index (χ1) is 7.92. The molecule has 2 rings (SSSR count). The van der Waals surface area contributed by atoms with Gasteiger partial charge in [0.1, 0.15) is 0 Å². The molecule has 0 saturated heterocycles. The average Bonchev–Trinajstić information content (AvgIpc) is 2.35. The summed E-state index contributed by atoms with van der Waals surface area (Å²) in [5.74, 6) is 0. The second-order valence-electron chi connectivity index (χ2n) is 3.75. The number of hydrogen-bond donors (Lipinski definition) is 0. The van der Waals surface area contributed by atoms with E-state index in [4.69, 9.17) is 0 Å². The van der Waals surface area contributed by atoms with E-state index >= 15 is 0 Å². The van der Waals surface area contributed by atoms with Crippen molar-refractivity contribution in [2.45, 2.75) is 12.8 Å². The molecule has 0 fully saturated rings. The Morgan fingerprint density at radius 1 is 1.06 bits per heavy atom. The van der Waals surface area contributed by atoms with E-state index in [2.05, 4.69) is 55.1 Å². The van der Waals surface area contributed by atoms with Gasteiger partial charge in [-0.2, -0.15) is 0 Å². The van der Waals surface area contributed by atoms with E-state index in [1.54, 1.807) is 6.08 Å². The van der Waals surface area contributed by atoms with Crippen LogP contribution in [0.4, 0.5) is 0 Å². The Hall–Kier alpha value is -1.82. The lowest BCUT2D eigenvalue weighted by molar-refractivity contribution is 1.01. The van der Waals surface area contributed by atoms with Gasteiger partial charge < -0.3 is 0 Å². The largest absolute Gasteiger partial charge is 0.0985 e. The second-order valence-corrected chi connectivity index (χ2v) is 3.75. The predicted octanol–water partition coefficient (Wildman–Crippen LogP) is 4.32. The quantitative estimate of drug-likeness (QED) is 0.655. The van der Waals surface area contributed by atoms with Gasteiger partial charge in [0, 0.05) is 0 Å². The molecule has 0 aromatic heterocycles. The minimum atomic E-state index is 1.01. The van der Waals surface area contributed by atoms with Crippen molar-refractivity contribution < 1.29 is 0 Å². The summed E-state index contributed by atoms with van der Waals surface area (Å²) in [5.41, 5.74) is 1.40.